The van der Waals surface area contributed by atoms with Crippen molar-refractivity contribution in [1.29, 1.82) is 0 Å². The number of hydrogen-bond acceptors (Lipinski definition) is 3. The van der Waals surface area contributed by atoms with E-state index in [2.05, 4.69) is 18.2 Å². The number of para-hydroxylation sites is 3. The van der Waals surface area contributed by atoms with E-state index in [4.69, 9.17) is 4.98 Å². The van der Waals surface area contributed by atoms with Crippen molar-refractivity contribution in [2.75, 3.05) is 24.5 Å². The molecule has 6 nitrogen and oxygen atoms in total. The first-order valence-electron chi connectivity index (χ1n) is 12.8. The highest BCUT2D eigenvalue weighted by Gasteiger charge is 2.34. The van der Waals surface area contributed by atoms with Gasteiger partial charge in [0.15, 0.2) is 0 Å². The molecular formula is C30H30N4O2. The molecule has 2 amide bonds. The van der Waals surface area contributed by atoms with Gasteiger partial charge in [-0.3, -0.25) is 9.59 Å². The van der Waals surface area contributed by atoms with Crippen molar-refractivity contribution in [3.63, 3.8) is 0 Å². The third kappa shape index (κ3) is 4.28. The van der Waals surface area contributed by atoms with Crippen molar-refractivity contribution in [3.05, 3.63) is 95.8 Å². The lowest BCUT2D eigenvalue weighted by atomic mass is 10.0. The van der Waals surface area contributed by atoms with Crippen molar-refractivity contribution in [3.8, 4) is 0 Å². The fourth-order valence-electron chi connectivity index (χ4n) is 5.66. The number of amides is 2. The van der Waals surface area contributed by atoms with E-state index in [1.807, 2.05) is 75.0 Å². The Morgan fingerprint density at radius 1 is 0.944 bits per heavy atom. The zero-order valence-electron chi connectivity index (χ0n) is 20.3. The number of rotatable bonds is 6. The number of aryl methyl sites for hydroxylation is 1. The van der Waals surface area contributed by atoms with Gasteiger partial charge in [-0.15, -0.1) is 0 Å². The number of benzene rings is 3. The minimum absolute atomic E-state index is 0.0258. The molecule has 3 aromatic carbocycles. The smallest absolute Gasteiger partial charge is 0.246 e. The molecule has 0 aliphatic carbocycles. The fourth-order valence-corrected chi connectivity index (χ4v) is 5.66. The number of carbonyl (C=O) groups is 2. The van der Waals surface area contributed by atoms with Gasteiger partial charge in [0.05, 0.1) is 11.0 Å². The first-order valence-corrected chi connectivity index (χ1v) is 12.8. The van der Waals surface area contributed by atoms with Crippen molar-refractivity contribution in [2.45, 2.75) is 38.1 Å². The summed E-state index contributed by atoms with van der Waals surface area (Å²) >= 11 is 0. The van der Waals surface area contributed by atoms with E-state index in [1.165, 1.54) is 11.1 Å². The standard InChI is InChI=1S/C30H30N4O2/c35-28-19-24(20-32(28)18-16-22-9-2-1-3-10-22)30-31-25-13-5-7-15-27(25)34(30)21-29(36)33-17-8-12-23-11-4-6-14-26(23)33/h1-7,9-11,13-15,24H,8,12,16-21H2/t24-/m0/s1. The number of likely N-dealkylation sites (tertiary alicyclic amines) is 1. The molecule has 1 aromatic heterocycles. The molecule has 182 valence electrons. The van der Waals surface area contributed by atoms with Crippen molar-refractivity contribution >= 4 is 28.5 Å². The summed E-state index contributed by atoms with van der Waals surface area (Å²) in [4.78, 5) is 35.4. The Morgan fingerprint density at radius 3 is 2.61 bits per heavy atom. The van der Waals surface area contributed by atoms with Crippen molar-refractivity contribution < 1.29 is 9.59 Å². The van der Waals surface area contributed by atoms with Gasteiger partial charge in [-0.25, -0.2) is 4.98 Å². The zero-order valence-corrected chi connectivity index (χ0v) is 20.3. The molecule has 36 heavy (non-hydrogen) atoms. The maximum atomic E-state index is 13.6. The van der Waals surface area contributed by atoms with Crippen LogP contribution in [0.5, 0.6) is 0 Å². The highest BCUT2D eigenvalue weighted by molar-refractivity contribution is 5.95. The summed E-state index contributed by atoms with van der Waals surface area (Å²) in [6.45, 7) is 2.28. The van der Waals surface area contributed by atoms with Crippen molar-refractivity contribution in [2.24, 2.45) is 0 Å². The summed E-state index contributed by atoms with van der Waals surface area (Å²) in [6, 6.07) is 26.4. The second kappa shape index (κ2) is 9.61. The SMILES string of the molecule is O=C1C[C@H](c2nc3ccccc3n2CC(=O)N2CCCc3ccccc32)CN1CCc1ccccc1. The summed E-state index contributed by atoms with van der Waals surface area (Å²) in [5.41, 5.74) is 5.29. The topological polar surface area (TPSA) is 58.4 Å². The minimum Gasteiger partial charge on any atom is -0.342 e. The van der Waals surface area contributed by atoms with Crippen LogP contribution in [0.4, 0.5) is 5.69 Å². The predicted octanol–water partition coefficient (Wildman–Crippen LogP) is 4.57. The number of carbonyl (C=O) groups excluding carboxylic acids is 2. The number of imidazole rings is 1. The van der Waals surface area contributed by atoms with Crippen LogP contribution in [0.2, 0.25) is 0 Å². The van der Waals surface area contributed by atoms with Crippen molar-refractivity contribution in [1.82, 2.24) is 14.5 Å². The highest BCUT2D eigenvalue weighted by atomic mass is 16.2. The largest absolute Gasteiger partial charge is 0.342 e. The van der Waals surface area contributed by atoms with Gasteiger partial charge in [0.25, 0.3) is 0 Å². The van der Waals surface area contributed by atoms with E-state index in [1.54, 1.807) is 0 Å². The summed E-state index contributed by atoms with van der Waals surface area (Å²) in [7, 11) is 0. The van der Waals surface area contributed by atoms with Crippen LogP contribution in [-0.4, -0.2) is 45.9 Å². The van der Waals surface area contributed by atoms with E-state index >= 15 is 0 Å². The molecule has 0 unspecified atom stereocenters. The number of aromatic nitrogens is 2. The van der Waals surface area contributed by atoms with E-state index < -0.39 is 0 Å². The molecule has 1 atom stereocenters. The molecule has 1 saturated heterocycles. The lowest BCUT2D eigenvalue weighted by Gasteiger charge is -2.30. The summed E-state index contributed by atoms with van der Waals surface area (Å²) in [5.74, 6) is 1.04. The molecule has 6 heteroatoms. The third-order valence-corrected chi connectivity index (χ3v) is 7.48. The Bertz CT molecular complexity index is 1410. The lowest BCUT2D eigenvalue weighted by molar-refractivity contribution is -0.127. The molecule has 0 bridgehead atoms. The number of hydrogen-bond donors (Lipinski definition) is 0. The van der Waals surface area contributed by atoms with Crippen LogP contribution in [0, 0.1) is 0 Å². The summed E-state index contributed by atoms with van der Waals surface area (Å²) in [6.07, 6.45) is 3.23. The van der Waals surface area contributed by atoms with Gasteiger partial charge in [0.1, 0.15) is 12.4 Å². The normalized spacial score (nSPS) is 17.6. The van der Waals surface area contributed by atoms with Gasteiger partial charge >= 0.3 is 0 Å². The monoisotopic (exact) mass is 478 g/mol. The molecular weight excluding hydrogens is 448 g/mol. The molecule has 0 saturated carbocycles. The summed E-state index contributed by atoms with van der Waals surface area (Å²) in [5, 5.41) is 0. The second-order valence-electron chi connectivity index (χ2n) is 9.80. The van der Waals surface area contributed by atoms with Gasteiger partial charge in [-0.05, 0) is 48.6 Å². The molecule has 0 radical (unpaired) electrons. The van der Waals surface area contributed by atoms with Crippen LogP contribution in [0.25, 0.3) is 11.0 Å². The number of fused-ring (bicyclic) bond motifs is 2. The molecule has 2 aliphatic rings. The quantitative estimate of drug-likeness (QED) is 0.408. The molecule has 2 aliphatic heterocycles. The van der Waals surface area contributed by atoms with Crippen LogP contribution in [0.3, 0.4) is 0 Å². The lowest BCUT2D eigenvalue weighted by Crippen LogP contribution is -2.38. The molecule has 0 N–H and O–H groups in total. The first kappa shape index (κ1) is 22.5. The van der Waals surface area contributed by atoms with Crippen LogP contribution < -0.4 is 4.90 Å². The number of anilines is 1. The van der Waals surface area contributed by atoms with E-state index in [-0.39, 0.29) is 24.3 Å². The maximum absolute atomic E-state index is 13.6. The fraction of sp³-hybridized carbons (Fsp3) is 0.300. The second-order valence-corrected chi connectivity index (χ2v) is 9.80. The minimum atomic E-state index is -0.0258. The Morgan fingerprint density at radius 2 is 1.72 bits per heavy atom. The average Bonchev–Trinajstić information content (AvgIpc) is 3.47. The Hall–Kier alpha value is -3.93. The number of nitrogens with zero attached hydrogens (tertiary/aromatic N) is 4. The average molecular weight is 479 g/mol. The molecule has 1 fully saturated rings. The van der Waals surface area contributed by atoms with Crippen LogP contribution >= 0.6 is 0 Å². The Balaban J connectivity index is 1.26. The van der Waals surface area contributed by atoms with Crippen LogP contribution in [0.1, 0.15) is 35.7 Å². The predicted molar refractivity (Wildman–Crippen MR) is 141 cm³/mol. The highest BCUT2D eigenvalue weighted by Crippen LogP contribution is 2.32. The molecule has 6 rings (SSSR count). The Labute approximate surface area is 211 Å². The zero-order chi connectivity index (χ0) is 24.5. The van der Waals surface area contributed by atoms with E-state index in [0.29, 0.717) is 19.5 Å². The first-order chi connectivity index (χ1) is 17.7. The van der Waals surface area contributed by atoms with Gasteiger partial charge < -0.3 is 14.4 Å². The van der Waals surface area contributed by atoms with E-state index in [9.17, 15) is 9.59 Å². The van der Waals surface area contributed by atoms with Crippen LogP contribution in [-0.2, 0) is 29.0 Å². The Kier molecular flexibility index (Phi) is 6.01. The van der Waals surface area contributed by atoms with Gasteiger partial charge in [-0.1, -0.05) is 60.7 Å². The molecule has 3 heterocycles. The van der Waals surface area contributed by atoms with Gasteiger partial charge in [0, 0.05) is 37.7 Å². The maximum Gasteiger partial charge on any atom is 0.246 e. The third-order valence-electron chi connectivity index (χ3n) is 7.48. The van der Waals surface area contributed by atoms with Gasteiger partial charge in [0.2, 0.25) is 11.8 Å². The van der Waals surface area contributed by atoms with Crippen LogP contribution in [0.15, 0.2) is 78.9 Å². The van der Waals surface area contributed by atoms with Gasteiger partial charge in [-0.2, -0.15) is 0 Å². The van der Waals surface area contributed by atoms with E-state index in [0.717, 1.165) is 48.4 Å². The molecule has 0 spiro atoms. The molecule has 4 aromatic rings. The summed E-state index contributed by atoms with van der Waals surface area (Å²) < 4.78 is 2.05.